The minimum absolute atomic E-state index is 0.0190. The number of hydrogen-bond acceptors (Lipinski definition) is 3. The number of nitrogens with one attached hydrogen (secondary N) is 1. The summed E-state index contributed by atoms with van der Waals surface area (Å²) >= 11 is 0. The van der Waals surface area contributed by atoms with Gasteiger partial charge in [-0.1, -0.05) is 29.8 Å². The van der Waals surface area contributed by atoms with Crippen molar-refractivity contribution >= 4 is 23.3 Å². The monoisotopic (exact) mass is 379 g/mol. The van der Waals surface area contributed by atoms with Crippen molar-refractivity contribution in [1.29, 1.82) is 0 Å². The highest BCUT2D eigenvalue weighted by Gasteiger charge is 2.26. The second kappa shape index (κ2) is 7.54. The van der Waals surface area contributed by atoms with Crippen LogP contribution in [0.5, 0.6) is 5.75 Å². The Kier molecular flexibility index (Phi) is 4.94. The summed E-state index contributed by atoms with van der Waals surface area (Å²) in [4.78, 5) is 28.0. The van der Waals surface area contributed by atoms with Gasteiger partial charge in [-0.2, -0.15) is 0 Å². The standard InChI is InChI=1S/C22H25N3O3/c1-15-5-3-6-16(11-15)17-7-4-10-25(13-17)22(27)23-18-8-9-19-20(12-18)28-14-21(26)24(19)2/h3,5-6,8-9,11-12,17H,4,7,10,13-14H2,1-2H3,(H,23,27)/t17-/m0/s1. The number of nitrogens with zero attached hydrogens (tertiary/aromatic N) is 2. The number of aryl methyl sites for hydroxylation is 1. The normalized spacial score (nSPS) is 19.1. The van der Waals surface area contributed by atoms with Crippen LogP contribution in [-0.2, 0) is 4.79 Å². The van der Waals surface area contributed by atoms with Gasteiger partial charge in [-0.3, -0.25) is 4.79 Å². The molecule has 0 bridgehead atoms. The Bertz CT molecular complexity index is 912. The second-order valence-corrected chi connectivity index (χ2v) is 7.55. The maximum atomic E-state index is 12.8. The van der Waals surface area contributed by atoms with Crippen LogP contribution in [0.1, 0.15) is 29.9 Å². The third kappa shape index (κ3) is 3.67. The maximum Gasteiger partial charge on any atom is 0.321 e. The molecule has 0 saturated carbocycles. The smallest absolute Gasteiger partial charge is 0.321 e. The molecule has 28 heavy (non-hydrogen) atoms. The van der Waals surface area contributed by atoms with E-state index in [0.717, 1.165) is 19.4 Å². The fourth-order valence-corrected chi connectivity index (χ4v) is 3.92. The molecule has 0 aromatic heterocycles. The van der Waals surface area contributed by atoms with E-state index in [2.05, 4.69) is 36.5 Å². The fraction of sp³-hybridized carbons (Fsp3) is 0.364. The van der Waals surface area contributed by atoms with Crippen LogP contribution in [0.3, 0.4) is 0 Å². The van der Waals surface area contributed by atoms with Gasteiger partial charge in [-0.25, -0.2) is 4.79 Å². The number of likely N-dealkylation sites (tertiary alicyclic amines) is 1. The first-order valence-corrected chi connectivity index (χ1v) is 9.67. The van der Waals surface area contributed by atoms with Gasteiger partial charge in [0.15, 0.2) is 6.61 Å². The van der Waals surface area contributed by atoms with Crippen LogP contribution < -0.4 is 15.0 Å². The highest BCUT2D eigenvalue weighted by atomic mass is 16.5. The summed E-state index contributed by atoms with van der Waals surface area (Å²) in [5.74, 6) is 0.891. The molecule has 0 aliphatic carbocycles. The van der Waals surface area contributed by atoms with Crippen LogP contribution in [0.2, 0.25) is 0 Å². The molecule has 2 aromatic rings. The number of fused-ring (bicyclic) bond motifs is 1. The number of ether oxygens (including phenoxy) is 1. The van der Waals surface area contributed by atoms with Crippen molar-refractivity contribution in [3.8, 4) is 5.75 Å². The molecule has 4 rings (SSSR count). The first kappa shape index (κ1) is 18.3. The molecule has 2 aliphatic rings. The Morgan fingerprint density at radius 3 is 2.89 bits per heavy atom. The molecule has 2 aliphatic heterocycles. The molecule has 0 unspecified atom stereocenters. The van der Waals surface area contributed by atoms with Crippen LogP contribution in [-0.4, -0.2) is 43.6 Å². The lowest BCUT2D eigenvalue weighted by Crippen LogP contribution is -2.41. The lowest BCUT2D eigenvalue weighted by molar-refractivity contribution is -0.120. The Labute approximate surface area is 165 Å². The van der Waals surface area contributed by atoms with Crippen molar-refractivity contribution in [1.82, 2.24) is 4.90 Å². The van der Waals surface area contributed by atoms with Gasteiger partial charge < -0.3 is 19.9 Å². The predicted molar refractivity (Wildman–Crippen MR) is 109 cm³/mol. The van der Waals surface area contributed by atoms with E-state index in [0.29, 0.717) is 29.6 Å². The number of hydrogen-bond donors (Lipinski definition) is 1. The number of amides is 3. The molecule has 3 amide bonds. The van der Waals surface area contributed by atoms with Gasteiger partial charge in [0.2, 0.25) is 0 Å². The molecule has 2 heterocycles. The first-order valence-electron chi connectivity index (χ1n) is 9.67. The number of carbonyl (C=O) groups excluding carboxylic acids is 2. The molecular formula is C22H25N3O3. The molecule has 0 spiro atoms. The fourth-order valence-electron chi connectivity index (χ4n) is 3.92. The summed E-state index contributed by atoms with van der Waals surface area (Å²) in [5, 5.41) is 2.97. The van der Waals surface area contributed by atoms with Gasteiger partial charge in [-0.15, -0.1) is 0 Å². The van der Waals surface area contributed by atoms with Crippen molar-refractivity contribution in [3.63, 3.8) is 0 Å². The van der Waals surface area contributed by atoms with Crippen LogP contribution in [0.15, 0.2) is 42.5 Å². The minimum atomic E-state index is -0.0995. The zero-order valence-corrected chi connectivity index (χ0v) is 16.3. The van der Waals surface area contributed by atoms with E-state index >= 15 is 0 Å². The topological polar surface area (TPSA) is 61.9 Å². The summed E-state index contributed by atoms with van der Waals surface area (Å²) in [7, 11) is 1.72. The van der Waals surface area contributed by atoms with Gasteiger partial charge in [0.05, 0.1) is 5.69 Å². The lowest BCUT2D eigenvalue weighted by atomic mass is 9.90. The highest BCUT2D eigenvalue weighted by molar-refractivity contribution is 5.98. The van der Waals surface area contributed by atoms with Crippen molar-refractivity contribution in [2.45, 2.75) is 25.7 Å². The predicted octanol–water partition coefficient (Wildman–Crippen LogP) is 3.76. The Balaban J connectivity index is 1.44. The van der Waals surface area contributed by atoms with Crippen molar-refractivity contribution in [3.05, 3.63) is 53.6 Å². The quantitative estimate of drug-likeness (QED) is 0.864. The van der Waals surface area contributed by atoms with Crippen molar-refractivity contribution in [2.24, 2.45) is 0 Å². The van der Waals surface area contributed by atoms with Crippen LogP contribution >= 0.6 is 0 Å². The molecule has 1 N–H and O–H groups in total. The summed E-state index contributed by atoms with van der Waals surface area (Å²) in [6, 6.07) is 13.8. The van der Waals surface area contributed by atoms with Gasteiger partial charge in [-0.05, 0) is 37.5 Å². The third-order valence-electron chi connectivity index (χ3n) is 5.52. The van der Waals surface area contributed by atoms with Crippen LogP contribution in [0.25, 0.3) is 0 Å². The summed E-state index contributed by atoms with van der Waals surface area (Å²) in [6.45, 7) is 3.59. The number of anilines is 2. The zero-order chi connectivity index (χ0) is 19.7. The van der Waals surface area contributed by atoms with Crippen LogP contribution in [0, 0.1) is 6.92 Å². The molecule has 6 nitrogen and oxygen atoms in total. The van der Waals surface area contributed by atoms with E-state index in [1.165, 1.54) is 11.1 Å². The molecule has 6 heteroatoms. The molecule has 0 radical (unpaired) electrons. The number of piperidine rings is 1. The molecule has 2 aromatic carbocycles. The SMILES string of the molecule is Cc1cccc([C@H]2CCCN(C(=O)Nc3ccc4c(c3)OCC(=O)N4C)C2)c1. The number of rotatable bonds is 2. The molecule has 1 saturated heterocycles. The van der Waals surface area contributed by atoms with Gasteiger partial charge in [0.25, 0.3) is 5.91 Å². The Morgan fingerprint density at radius 1 is 1.21 bits per heavy atom. The maximum absolute atomic E-state index is 12.8. The minimum Gasteiger partial charge on any atom is -0.481 e. The molecule has 1 fully saturated rings. The summed E-state index contributed by atoms with van der Waals surface area (Å²) in [5.41, 5.74) is 3.93. The Hall–Kier alpha value is -3.02. The molecular weight excluding hydrogens is 354 g/mol. The van der Waals surface area contributed by atoms with E-state index in [1.54, 1.807) is 30.1 Å². The Morgan fingerprint density at radius 2 is 2.07 bits per heavy atom. The number of carbonyl (C=O) groups is 2. The van der Waals surface area contributed by atoms with E-state index in [1.807, 2.05) is 4.90 Å². The largest absolute Gasteiger partial charge is 0.481 e. The highest BCUT2D eigenvalue weighted by Crippen LogP contribution is 2.34. The van der Waals surface area contributed by atoms with E-state index < -0.39 is 0 Å². The molecule has 146 valence electrons. The van der Waals surface area contributed by atoms with E-state index in [9.17, 15) is 9.59 Å². The van der Waals surface area contributed by atoms with E-state index in [4.69, 9.17) is 4.74 Å². The summed E-state index contributed by atoms with van der Waals surface area (Å²) in [6.07, 6.45) is 2.09. The molecule has 1 atom stereocenters. The van der Waals surface area contributed by atoms with E-state index in [-0.39, 0.29) is 18.5 Å². The number of likely N-dealkylation sites (N-methyl/N-ethyl adjacent to an activating group) is 1. The van der Waals surface area contributed by atoms with Gasteiger partial charge >= 0.3 is 6.03 Å². The van der Waals surface area contributed by atoms with Crippen molar-refractivity contribution < 1.29 is 14.3 Å². The van der Waals surface area contributed by atoms with Crippen LogP contribution in [0.4, 0.5) is 16.2 Å². The average Bonchev–Trinajstić information content (AvgIpc) is 2.71. The number of urea groups is 1. The first-order chi connectivity index (χ1) is 13.5. The average molecular weight is 379 g/mol. The zero-order valence-electron chi connectivity index (χ0n) is 16.3. The second-order valence-electron chi connectivity index (χ2n) is 7.55. The third-order valence-corrected chi connectivity index (χ3v) is 5.52. The number of benzene rings is 2. The summed E-state index contributed by atoms with van der Waals surface area (Å²) < 4.78 is 5.50. The lowest BCUT2D eigenvalue weighted by Gasteiger charge is -2.33. The van der Waals surface area contributed by atoms with Crippen molar-refractivity contribution in [2.75, 3.05) is 37.0 Å². The van der Waals surface area contributed by atoms with Gasteiger partial charge in [0.1, 0.15) is 5.75 Å². The van der Waals surface area contributed by atoms with Gasteiger partial charge in [0, 0.05) is 37.8 Å².